The van der Waals surface area contributed by atoms with Gasteiger partial charge in [0, 0.05) is 19.6 Å². The number of benzene rings is 3. The van der Waals surface area contributed by atoms with Crippen LogP contribution in [0.5, 0.6) is 11.5 Å². The van der Waals surface area contributed by atoms with Crippen LogP contribution in [0.25, 0.3) is 0 Å². The first-order valence-electron chi connectivity index (χ1n) is 9.42. The molecule has 152 valence electrons. The lowest BCUT2D eigenvalue weighted by Gasteiger charge is -2.15. The van der Waals surface area contributed by atoms with Crippen LogP contribution in [0.4, 0.5) is 8.78 Å². The van der Waals surface area contributed by atoms with Crippen molar-refractivity contribution >= 4 is 0 Å². The molecule has 0 unspecified atom stereocenters. The monoisotopic (exact) mass is 398 g/mol. The number of hydrogen-bond donors (Lipinski definition) is 2. The smallest absolute Gasteiger partial charge is 0.162 e. The molecule has 3 aromatic rings. The van der Waals surface area contributed by atoms with Gasteiger partial charge >= 0.3 is 0 Å². The number of nitrogens with one attached hydrogen (secondary N) is 1. The van der Waals surface area contributed by atoms with E-state index in [1.165, 1.54) is 24.3 Å². The van der Waals surface area contributed by atoms with Crippen molar-refractivity contribution < 1.29 is 18.3 Å². The van der Waals surface area contributed by atoms with Gasteiger partial charge in [-0.25, -0.2) is 8.78 Å². The van der Waals surface area contributed by atoms with E-state index >= 15 is 0 Å². The van der Waals surface area contributed by atoms with Gasteiger partial charge in [0.25, 0.3) is 0 Å². The molecular formula is C23H24F2N2O2. The second-order valence-electron chi connectivity index (χ2n) is 6.58. The Bertz CT molecular complexity index is 900. The lowest BCUT2D eigenvalue weighted by molar-refractivity contribution is 0.255. The maximum Gasteiger partial charge on any atom is 0.162 e. The Morgan fingerprint density at radius 2 is 1.21 bits per heavy atom. The number of ether oxygens (including phenoxy) is 2. The number of halogens is 2. The zero-order valence-electron chi connectivity index (χ0n) is 16.0. The molecule has 6 heteroatoms. The average molecular weight is 398 g/mol. The van der Waals surface area contributed by atoms with Crippen LogP contribution in [-0.4, -0.2) is 13.1 Å². The van der Waals surface area contributed by atoms with Gasteiger partial charge in [-0.05, 0) is 53.1 Å². The van der Waals surface area contributed by atoms with E-state index in [1.807, 2.05) is 18.2 Å². The third-order valence-corrected chi connectivity index (χ3v) is 4.27. The van der Waals surface area contributed by atoms with Crippen LogP contribution in [0.1, 0.15) is 16.7 Å². The second kappa shape index (κ2) is 10.5. The fourth-order valence-electron chi connectivity index (χ4n) is 2.71. The number of rotatable bonds is 10. The highest BCUT2D eigenvalue weighted by Crippen LogP contribution is 2.30. The van der Waals surface area contributed by atoms with Crippen molar-refractivity contribution in [1.82, 2.24) is 5.32 Å². The van der Waals surface area contributed by atoms with Crippen LogP contribution >= 0.6 is 0 Å². The first-order chi connectivity index (χ1) is 14.1. The molecule has 0 aliphatic heterocycles. The van der Waals surface area contributed by atoms with E-state index in [2.05, 4.69) is 5.32 Å². The van der Waals surface area contributed by atoms with Crippen molar-refractivity contribution in [2.24, 2.45) is 5.73 Å². The van der Waals surface area contributed by atoms with Crippen molar-refractivity contribution in [3.8, 4) is 11.5 Å². The number of hydrogen-bond acceptors (Lipinski definition) is 4. The first kappa shape index (κ1) is 20.8. The van der Waals surface area contributed by atoms with Crippen LogP contribution in [0.3, 0.4) is 0 Å². The minimum atomic E-state index is -0.287. The Balaban J connectivity index is 1.71. The molecule has 0 spiro atoms. The van der Waals surface area contributed by atoms with Gasteiger partial charge < -0.3 is 20.5 Å². The standard InChI is InChI=1S/C23H24F2N2O2/c24-20-6-1-17(2-7-20)15-28-22-10-5-19(14-27-12-11-26)13-23(22)29-16-18-3-8-21(25)9-4-18/h1-10,13,27H,11-12,14-16,26H2. The zero-order valence-corrected chi connectivity index (χ0v) is 16.0. The average Bonchev–Trinajstić information content (AvgIpc) is 2.74. The van der Waals surface area contributed by atoms with Crippen molar-refractivity contribution in [2.45, 2.75) is 19.8 Å². The van der Waals surface area contributed by atoms with Crippen LogP contribution in [0.15, 0.2) is 66.7 Å². The first-order valence-corrected chi connectivity index (χ1v) is 9.42. The fourth-order valence-corrected chi connectivity index (χ4v) is 2.71. The SMILES string of the molecule is NCCNCc1ccc(OCc2ccc(F)cc2)c(OCc2ccc(F)cc2)c1. The maximum absolute atomic E-state index is 13.1. The molecule has 0 saturated carbocycles. The van der Waals surface area contributed by atoms with E-state index in [0.717, 1.165) is 16.7 Å². The summed E-state index contributed by atoms with van der Waals surface area (Å²) < 4.78 is 38.0. The third kappa shape index (κ3) is 6.55. The molecule has 0 radical (unpaired) electrons. The molecule has 0 aromatic heterocycles. The van der Waals surface area contributed by atoms with Crippen LogP contribution in [0, 0.1) is 11.6 Å². The van der Waals surface area contributed by atoms with Gasteiger partial charge in [0.1, 0.15) is 24.8 Å². The third-order valence-electron chi connectivity index (χ3n) is 4.27. The predicted octanol–water partition coefficient (Wildman–Crippen LogP) is 4.17. The Morgan fingerprint density at radius 3 is 1.76 bits per heavy atom. The van der Waals surface area contributed by atoms with Gasteiger partial charge in [0.2, 0.25) is 0 Å². The summed E-state index contributed by atoms with van der Waals surface area (Å²) in [6, 6.07) is 18.0. The topological polar surface area (TPSA) is 56.5 Å². The minimum absolute atomic E-state index is 0.285. The molecule has 0 fully saturated rings. The Hall–Kier alpha value is -2.96. The summed E-state index contributed by atoms with van der Waals surface area (Å²) in [7, 11) is 0. The molecule has 4 nitrogen and oxygen atoms in total. The highest BCUT2D eigenvalue weighted by Gasteiger charge is 2.09. The maximum atomic E-state index is 13.1. The van der Waals surface area contributed by atoms with Gasteiger partial charge in [0.05, 0.1) is 0 Å². The van der Waals surface area contributed by atoms with E-state index in [9.17, 15) is 8.78 Å². The van der Waals surface area contributed by atoms with Gasteiger partial charge in [-0.1, -0.05) is 30.3 Å². The molecule has 0 saturated heterocycles. The van der Waals surface area contributed by atoms with E-state index in [-0.39, 0.29) is 24.8 Å². The fraction of sp³-hybridized carbons (Fsp3) is 0.217. The van der Waals surface area contributed by atoms with Gasteiger partial charge in [-0.2, -0.15) is 0 Å². The summed E-state index contributed by atoms with van der Waals surface area (Å²) in [5.74, 6) is 0.596. The highest BCUT2D eigenvalue weighted by molar-refractivity contribution is 5.43. The van der Waals surface area contributed by atoms with E-state index in [1.54, 1.807) is 24.3 Å². The van der Waals surface area contributed by atoms with Gasteiger partial charge in [-0.15, -0.1) is 0 Å². The van der Waals surface area contributed by atoms with Crippen LogP contribution < -0.4 is 20.5 Å². The normalized spacial score (nSPS) is 10.7. The van der Waals surface area contributed by atoms with E-state index < -0.39 is 0 Å². The lowest BCUT2D eigenvalue weighted by atomic mass is 10.2. The Morgan fingerprint density at radius 1 is 0.690 bits per heavy atom. The summed E-state index contributed by atoms with van der Waals surface area (Å²) in [6.45, 7) is 2.51. The predicted molar refractivity (Wildman–Crippen MR) is 109 cm³/mol. The Labute approximate surface area is 169 Å². The van der Waals surface area contributed by atoms with Crippen molar-refractivity contribution in [3.05, 3.63) is 95.1 Å². The molecular weight excluding hydrogens is 374 g/mol. The van der Waals surface area contributed by atoms with Crippen LogP contribution in [-0.2, 0) is 19.8 Å². The highest BCUT2D eigenvalue weighted by atomic mass is 19.1. The van der Waals surface area contributed by atoms with Gasteiger partial charge in [0.15, 0.2) is 11.5 Å². The summed E-state index contributed by atoms with van der Waals surface area (Å²) in [5.41, 5.74) is 8.25. The molecule has 0 amide bonds. The zero-order chi connectivity index (χ0) is 20.5. The van der Waals surface area contributed by atoms with Crippen molar-refractivity contribution in [3.63, 3.8) is 0 Å². The quantitative estimate of drug-likeness (QED) is 0.503. The molecule has 3 aromatic carbocycles. The molecule has 0 bridgehead atoms. The molecule has 3 rings (SSSR count). The molecule has 0 aliphatic rings. The van der Waals surface area contributed by atoms with Crippen LogP contribution in [0.2, 0.25) is 0 Å². The second-order valence-corrected chi connectivity index (χ2v) is 6.58. The van der Waals surface area contributed by atoms with Gasteiger partial charge in [-0.3, -0.25) is 0 Å². The summed E-state index contributed by atoms with van der Waals surface area (Å²) >= 11 is 0. The van der Waals surface area contributed by atoms with Crippen molar-refractivity contribution in [2.75, 3.05) is 13.1 Å². The molecule has 0 heterocycles. The summed E-state index contributed by atoms with van der Waals surface area (Å²) in [6.07, 6.45) is 0. The molecule has 0 aliphatic carbocycles. The summed E-state index contributed by atoms with van der Waals surface area (Å²) in [4.78, 5) is 0. The van der Waals surface area contributed by atoms with Crippen molar-refractivity contribution in [1.29, 1.82) is 0 Å². The van der Waals surface area contributed by atoms with E-state index in [4.69, 9.17) is 15.2 Å². The summed E-state index contributed by atoms with van der Waals surface area (Å²) in [5, 5.41) is 3.24. The largest absolute Gasteiger partial charge is 0.485 e. The lowest BCUT2D eigenvalue weighted by Crippen LogP contribution is -2.21. The molecule has 29 heavy (non-hydrogen) atoms. The molecule has 3 N–H and O–H groups in total. The van der Waals surface area contributed by atoms with E-state index in [0.29, 0.717) is 31.1 Å². The minimum Gasteiger partial charge on any atom is -0.485 e. The Kier molecular flexibility index (Phi) is 7.55. The molecule has 0 atom stereocenters. The number of nitrogens with two attached hydrogens (primary N) is 1.